The maximum atomic E-state index is 10.7. The summed E-state index contributed by atoms with van der Waals surface area (Å²) in [6, 6.07) is 13.4. The summed E-state index contributed by atoms with van der Waals surface area (Å²) < 4.78 is 0. The molecule has 0 aliphatic carbocycles. The standard InChI is InChI=1S/C12H9N3O3.C2H4O2/c16-14-12-8-10(15(17)18)6-7-11(12)13-9-4-2-1-3-5-9;1-2(3)4/h1-8,13H;1H3,(H,3,4). The van der Waals surface area contributed by atoms with E-state index < -0.39 is 10.9 Å². The van der Waals surface area contributed by atoms with Gasteiger partial charge in [-0.3, -0.25) is 15.4 Å². The number of non-ortho nitro benzene ring substituents is 1. The molecule has 0 radical (unpaired) electrons. The van der Waals surface area contributed by atoms with Crippen LogP contribution >= 0.6 is 0 Å². The molecule has 0 aliphatic heterocycles. The van der Waals surface area contributed by atoms with Crippen molar-refractivity contribution in [2.24, 2.45) is 5.18 Å². The van der Waals surface area contributed by atoms with Gasteiger partial charge in [-0.1, -0.05) is 18.2 Å². The van der Waals surface area contributed by atoms with E-state index in [0.29, 0.717) is 5.69 Å². The van der Waals surface area contributed by atoms with E-state index in [1.807, 2.05) is 30.3 Å². The number of benzene rings is 2. The highest BCUT2D eigenvalue weighted by Gasteiger charge is 2.14. The van der Waals surface area contributed by atoms with Gasteiger partial charge in [0, 0.05) is 18.1 Å². The van der Waals surface area contributed by atoms with Crippen molar-refractivity contribution in [3.05, 3.63) is 63.6 Å². The number of rotatable bonds is 4. The zero-order valence-corrected chi connectivity index (χ0v) is 11.6. The Labute approximate surface area is 125 Å². The minimum atomic E-state index is -1.08. The van der Waals surface area contributed by atoms with Gasteiger partial charge in [-0.05, 0) is 24.2 Å². The van der Waals surface area contributed by atoms with Crippen molar-refractivity contribution >= 4 is 28.7 Å². The van der Waals surface area contributed by atoms with Crippen LogP contribution in [-0.2, 0) is 4.79 Å². The summed E-state index contributed by atoms with van der Waals surface area (Å²) in [5, 5.41) is 24.1. The lowest BCUT2D eigenvalue weighted by atomic mass is 10.2. The van der Waals surface area contributed by atoms with E-state index in [0.717, 1.165) is 12.6 Å². The second-order valence-corrected chi connectivity index (χ2v) is 4.14. The van der Waals surface area contributed by atoms with Crippen LogP contribution in [0.15, 0.2) is 53.7 Å². The molecule has 22 heavy (non-hydrogen) atoms. The van der Waals surface area contributed by atoms with Gasteiger partial charge in [0.2, 0.25) is 0 Å². The molecule has 8 nitrogen and oxygen atoms in total. The van der Waals surface area contributed by atoms with Crippen molar-refractivity contribution in [2.45, 2.75) is 6.92 Å². The first-order valence-electron chi connectivity index (χ1n) is 6.13. The highest BCUT2D eigenvalue weighted by atomic mass is 16.6. The van der Waals surface area contributed by atoms with E-state index in [-0.39, 0.29) is 11.4 Å². The largest absolute Gasteiger partial charge is 0.550 e. The highest BCUT2D eigenvalue weighted by molar-refractivity contribution is 5.62. The first-order chi connectivity index (χ1) is 10.4. The van der Waals surface area contributed by atoms with Crippen molar-refractivity contribution in [1.82, 2.24) is 0 Å². The Morgan fingerprint density at radius 2 is 1.77 bits per heavy atom. The number of quaternary nitrogens is 1. The van der Waals surface area contributed by atoms with Crippen LogP contribution in [0.2, 0.25) is 0 Å². The Hall–Kier alpha value is -3.13. The van der Waals surface area contributed by atoms with Crippen LogP contribution in [0.4, 0.5) is 22.7 Å². The fourth-order valence-corrected chi connectivity index (χ4v) is 1.58. The summed E-state index contributed by atoms with van der Waals surface area (Å²) in [4.78, 5) is 29.6. The molecule has 0 saturated heterocycles. The number of nitro groups is 1. The number of nitro benzene ring substituents is 1. The third-order valence-electron chi connectivity index (χ3n) is 2.44. The Morgan fingerprint density at radius 3 is 2.27 bits per heavy atom. The van der Waals surface area contributed by atoms with Crippen LogP contribution in [0.3, 0.4) is 0 Å². The predicted octanol–water partition coefficient (Wildman–Crippen LogP) is 1.28. The van der Waals surface area contributed by atoms with E-state index in [9.17, 15) is 15.0 Å². The molecule has 2 rings (SSSR count). The molecule has 2 N–H and O–H groups in total. The summed E-state index contributed by atoms with van der Waals surface area (Å²) in [7, 11) is 0. The number of carboxylic acid groups (broad SMARTS) is 1. The maximum absolute atomic E-state index is 10.7. The summed E-state index contributed by atoms with van der Waals surface area (Å²) in [5.74, 6) is -1.08. The van der Waals surface area contributed by atoms with Crippen LogP contribution in [0, 0.1) is 15.0 Å². The number of carboxylic acids is 1. The van der Waals surface area contributed by atoms with E-state index in [4.69, 9.17) is 9.90 Å². The summed E-state index contributed by atoms with van der Waals surface area (Å²) in [6.45, 7) is 0.972. The van der Waals surface area contributed by atoms with E-state index >= 15 is 0 Å². The molecule has 0 heterocycles. The molecular weight excluding hydrogens is 290 g/mol. The van der Waals surface area contributed by atoms with Crippen molar-refractivity contribution in [1.29, 1.82) is 0 Å². The Morgan fingerprint density at radius 1 is 1.18 bits per heavy atom. The van der Waals surface area contributed by atoms with Gasteiger partial charge < -0.3 is 9.90 Å². The molecule has 2 aromatic carbocycles. The number of hydrogen-bond donors (Lipinski definition) is 1. The fraction of sp³-hybridized carbons (Fsp3) is 0.0714. The molecule has 0 saturated carbocycles. The maximum Gasteiger partial charge on any atom is 0.272 e. The van der Waals surface area contributed by atoms with Gasteiger partial charge in [0.1, 0.15) is 5.69 Å². The van der Waals surface area contributed by atoms with Crippen molar-refractivity contribution in [3.63, 3.8) is 0 Å². The normalized spacial score (nSPS) is 9.32. The fourth-order valence-electron chi connectivity index (χ4n) is 1.58. The van der Waals surface area contributed by atoms with E-state index in [1.54, 1.807) is 5.32 Å². The lowest BCUT2D eigenvalue weighted by Gasteiger charge is -2.01. The van der Waals surface area contributed by atoms with Gasteiger partial charge in [-0.25, -0.2) is 0 Å². The molecule has 8 heteroatoms. The topological polar surface area (TPSA) is 129 Å². The van der Waals surface area contributed by atoms with Crippen molar-refractivity contribution in [3.8, 4) is 0 Å². The van der Waals surface area contributed by atoms with E-state index in [1.165, 1.54) is 18.2 Å². The number of para-hydroxylation sites is 1. The number of carbonyl (C=O) groups is 1. The first-order valence-corrected chi connectivity index (χ1v) is 6.13. The third kappa shape index (κ3) is 5.47. The van der Waals surface area contributed by atoms with Gasteiger partial charge in [0.05, 0.1) is 11.0 Å². The molecule has 0 spiro atoms. The Balaban J connectivity index is 0.000000541. The lowest BCUT2D eigenvalue weighted by Crippen LogP contribution is -2.70. The minimum Gasteiger partial charge on any atom is -0.550 e. The zero-order valence-electron chi connectivity index (χ0n) is 11.6. The lowest BCUT2D eigenvalue weighted by molar-refractivity contribution is -0.478. The second kappa shape index (κ2) is 8.22. The summed E-state index contributed by atoms with van der Waals surface area (Å²) >= 11 is 0. The van der Waals surface area contributed by atoms with Crippen LogP contribution in [0.25, 0.3) is 0 Å². The Kier molecular flexibility index (Phi) is 6.32. The van der Waals surface area contributed by atoms with Crippen LogP contribution in [0.5, 0.6) is 0 Å². The molecule has 0 amide bonds. The van der Waals surface area contributed by atoms with Crippen LogP contribution in [-0.4, -0.2) is 10.9 Å². The summed E-state index contributed by atoms with van der Waals surface area (Å²) in [5.41, 5.74) is 1.38. The average Bonchev–Trinajstić information content (AvgIpc) is 2.48. The molecule has 0 unspecified atom stereocenters. The average molecular weight is 303 g/mol. The quantitative estimate of drug-likeness (QED) is 0.393. The van der Waals surface area contributed by atoms with Gasteiger partial charge in [-0.2, -0.15) is 0 Å². The number of aliphatic carboxylic acids is 1. The highest BCUT2D eigenvalue weighted by Crippen LogP contribution is 2.26. The van der Waals surface area contributed by atoms with Crippen molar-refractivity contribution in [2.75, 3.05) is 0 Å². The number of carbonyl (C=O) groups excluding carboxylic acids is 1. The number of nitrogens with two attached hydrogens (primary N) is 1. The van der Waals surface area contributed by atoms with Crippen molar-refractivity contribution < 1.29 is 20.1 Å². The smallest absolute Gasteiger partial charge is 0.272 e. The van der Waals surface area contributed by atoms with Crippen LogP contribution in [0.1, 0.15) is 6.92 Å². The first kappa shape index (κ1) is 16.9. The molecule has 0 aliphatic rings. The number of nitroso groups, excluding NO2 is 1. The van der Waals surface area contributed by atoms with Gasteiger partial charge >= 0.3 is 0 Å². The van der Waals surface area contributed by atoms with Gasteiger partial charge in [0.25, 0.3) is 5.69 Å². The number of nitrogens with zero attached hydrogens (tertiary/aromatic N) is 2. The molecular formula is C14H13N3O5. The molecule has 2 aromatic rings. The third-order valence-corrected chi connectivity index (χ3v) is 2.44. The molecule has 0 fully saturated rings. The number of hydrogen-bond acceptors (Lipinski definition) is 6. The Bertz CT molecular complexity index is 669. The minimum absolute atomic E-state index is 0.0630. The SMILES string of the molecule is CC(=O)[O-].O=Nc1cc([N+](=O)[O-])ccc1[NH2+]c1ccccc1. The second-order valence-electron chi connectivity index (χ2n) is 4.14. The predicted molar refractivity (Wildman–Crippen MR) is 76.9 cm³/mol. The van der Waals surface area contributed by atoms with Gasteiger partial charge in [0.15, 0.2) is 11.4 Å². The zero-order chi connectivity index (χ0) is 16.5. The summed E-state index contributed by atoms with van der Waals surface area (Å²) in [6.07, 6.45) is 0. The van der Waals surface area contributed by atoms with Crippen LogP contribution < -0.4 is 10.4 Å². The monoisotopic (exact) mass is 303 g/mol. The van der Waals surface area contributed by atoms with Gasteiger partial charge in [-0.15, -0.1) is 4.91 Å². The molecule has 0 aromatic heterocycles. The molecule has 0 bridgehead atoms. The van der Waals surface area contributed by atoms with E-state index in [2.05, 4.69) is 5.18 Å². The molecule has 0 atom stereocenters. The molecule has 114 valence electrons.